The summed E-state index contributed by atoms with van der Waals surface area (Å²) in [5.41, 5.74) is 9.07. The van der Waals surface area contributed by atoms with Gasteiger partial charge in [0.15, 0.2) is 0 Å². The van der Waals surface area contributed by atoms with E-state index in [1.165, 1.54) is 43.5 Å². The zero-order valence-corrected chi connectivity index (χ0v) is 12.6. The van der Waals surface area contributed by atoms with E-state index < -0.39 is 0 Å². The van der Waals surface area contributed by atoms with Crippen LogP contribution in [0.3, 0.4) is 0 Å². The lowest BCUT2D eigenvalue weighted by molar-refractivity contribution is 0.101. The minimum atomic E-state index is 0.0861. The van der Waals surface area contributed by atoms with Crippen molar-refractivity contribution in [3.05, 3.63) is 29.3 Å². The van der Waals surface area contributed by atoms with E-state index >= 15 is 0 Å². The van der Waals surface area contributed by atoms with Gasteiger partial charge in [-0.05, 0) is 43.5 Å². The average molecular weight is 274 g/mol. The molecule has 2 aliphatic heterocycles. The fourth-order valence-corrected chi connectivity index (χ4v) is 3.46. The Morgan fingerprint density at radius 1 is 1.20 bits per heavy atom. The van der Waals surface area contributed by atoms with Crippen LogP contribution in [0.5, 0.6) is 5.75 Å². The summed E-state index contributed by atoms with van der Waals surface area (Å²) in [5.74, 6) is 1.58. The summed E-state index contributed by atoms with van der Waals surface area (Å²) in [6.07, 6.45) is 3.94. The maximum absolute atomic E-state index is 6.38. The maximum Gasteiger partial charge on any atom is 0.124 e. The summed E-state index contributed by atoms with van der Waals surface area (Å²) in [7, 11) is 0. The molecule has 2 atom stereocenters. The van der Waals surface area contributed by atoms with E-state index in [9.17, 15) is 0 Å². The highest BCUT2D eigenvalue weighted by molar-refractivity contribution is 5.42. The molecule has 0 saturated carbocycles. The Morgan fingerprint density at radius 2 is 1.95 bits per heavy atom. The van der Waals surface area contributed by atoms with Gasteiger partial charge in [-0.2, -0.15) is 0 Å². The summed E-state index contributed by atoms with van der Waals surface area (Å²) in [5, 5.41) is 0. The second-order valence-corrected chi connectivity index (χ2v) is 6.47. The van der Waals surface area contributed by atoms with Crippen LogP contribution >= 0.6 is 0 Å². The number of hydrogen-bond acceptors (Lipinski definition) is 3. The van der Waals surface area contributed by atoms with Crippen molar-refractivity contribution in [1.29, 1.82) is 0 Å². The lowest BCUT2D eigenvalue weighted by atomic mass is 9.90. The standard InChI is InChI=1S/C17H26N2O/c1-12(2)13-6-7-16-14(10-13)17(15(18)11-20-16)19-8-4-3-5-9-19/h6-7,10,12,15,17H,3-5,8-9,11,18H2,1-2H3. The van der Waals surface area contributed by atoms with E-state index in [1.807, 2.05) is 0 Å². The monoisotopic (exact) mass is 274 g/mol. The van der Waals surface area contributed by atoms with Crippen molar-refractivity contribution >= 4 is 0 Å². The SMILES string of the molecule is CC(C)c1ccc2c(c1)C(N1CCCCC1)C(N)CO2. The largest absolute Gasteiger partial charge is 0.492 e. The van der Waals surface area contributed by atoms with E-state index in [4.69, 9.17) is 10.5 Å². The molecule has 1 fully saturated rings. The Morgan fingerprint density at radius 3 is 2.65 bits per heavy atom. The van der Waals surface area contributed by atoms with Crippen molar-refractivity contribution in [2.45, 2.75) is 51.1 Å². The molecule has 1 saturated heterocycles. The topological polar surface area (TPSA) is 38.5 Å². The van der Waals surface area contributed by atoms with Gasteiger partial charge < -0.3 is 10.5 Å². The number of likely N-dealkylation sites (tertiary alicyclic amines) is 1. The van der Waals surface area contributed by atoms with Crippen LogP contribution in [0.25, 0.3) is 0 Å². The highest BCUT2D eigenvalue weighted by atomic mass is 16.5. The summed E-state index contributed by atoms with van der Waals surface area (Å²) >= 11 is 0. The molecular formula is C17H26N2O. The van der Waals surface area contributed by atoms with Gasteiger partial charge in [-0.1, -0.05) is 32.4 Å². The third kappa shape index (κ3) is 2.57. The van der Waals surface area contributed by atoms with Crippen molar-refractivity contribution in [2.24, 2.45) is 5.73 Å². The fourth-order valence-electron chi connectivity index (χ4n) is 3.46. The molecule has 0 amide bonds. The van der Waals surface area contributed by atoms with Gasteiger partial charge in [0.2, 0.25) is 0 Å². The molecule has 0 aromatic heterocycles. The van der Waals surface area contributed by atoms with Crippen molar-refractivity contribution in [2.75, 3.05) is 19.7 Å². The lowest BCUT2D eigenvalue weighted by Crippen LogP contribution is -2.48. The predicted molar refractivity (Wildman–Crippen MR) is 82.2 cm³/mol. The molecule has 20 heavy (non-hydrogen) atoms. The van der Waals surface area contributed by atoms with Crippen molar-refractivity contribution < 1.29 is 4.74 Å². The molecule has 3 nitrogen and oxygen atoms in total. The Hall–Kier alpha value is -1.06. The van der Waals surface area contributed by atoms with Crippen LogP contribution in [0.2, 0.25) is 0 Å². The number of fused-ring (bicyclic) bond motifs is 1. The van der Waals surface area contributed by atoms with Crippen molar-refractivity contribution in [3.8, 4) is 5.75 Å². The highest BCUT2D eigenvalue weighted by Gasteiger charge is 2.33. The van der Waals surface area contributed by atoms with Crippen LogP contribution < -0.4 is 10.5 Å². The maximum atomic E-state index is 6.38. The molecule has 2 N–H and O–H groups in total. The van der Waals surface area contributed by atoms with E-state index in [2.05, 4.69) is 36.9 Å². The third-order valence-corrected chi connectivity index (χ3v) is 4.64. The van der Waals surface area contributed by atoms with Crippen LogP contribution in [0, 0.1) is 0 Å². The molecule has 1 aromatic rings. The van der Waals surface area contributed by atoms with Gasteiger partial charge in [0.1, 0.15) is 12.4 Å². The number of nitrogens with two attached hydrogens (primary N) is 1. The Labute approximate surface area is 122 Å². The number of ether oxygens (including phenoxy) is 1. The molecular weight excluding hydrogens is 248 g/mol. The van der Waals surface area contributed by atoms with Crippen molar-refractivity contribution in [1.82, 2.24) is 4.90 Å². The van der Waals surface area contributed by atoms with Gasteiger partial charge in [-0.3, -0.25) is 4.90 Å². The first kappa shape index (κ1) is 13.9. The summed E-state index contributed by atoms with van der Waals surface area (Å²) < 4.78 is 5.84. The average Bonchev–Trinajstić information content (AvgIpc) is 2.47. The summed E-state index contributed by atoms with van der Waals surface area (Å²) in [6, 6.07) is 7.06. The Balaban J connectivity index is 1.95. The highest BCUT2D eigenvalue weighted by Crippen LogP contribution is 2.38. The van der Waals surface area contributed by atoms with Gasteiger partial charge >= 0.3 is 0 Å². The minimum Gasteiger partial charge on any atom is -0.492 e. The second kappa shape index (κ2) is 5.74. The Bertz CT molecular complexity index is 466. The van der Waals surface area contributed by atoms with Crippen LogP contribution in [0.15, 0.2) is 18.2 Å². The molecule has 2 unspecified atom stereocenters. The summed E-state index contributed by atoms with van der Waals surface area (Å²) in [4.78, 5) is 2.57. The molecule has 3 heteroatoms. The van der Waals surface area contributed by atoms with Crippen LogP contribution in [0.1, 0.15) is 56.2 Å². The molecule has 0 aliphatic carbocycles. The van der Waals surface area contributed by atoms with Crippen LogP contribution in [0.4, 0.5) is 0 Å². The zero-order valence-electron chi connectivity index (χ0n) is 12.6. The minimum absolute atomic E-state index is 0.0861. The van der Waals surface area contributed by atoms with Crippen LogP contribution in [-0.2, 0) is 0 Å². The normalized spacial score (nSPS) is 27.2. The number of nitrogens with zero attached hydrogens (tertiary/aromatic N) is 1. The Kier molecular flexibility index (Phi) is 3.99. The predicted octanol–water partition coefficient (Wildman–Crippen LogP) is 3.06. The number of rotatable bonds is 2. The molecule has 0 bridgehead atoms. The van der Waals surface area contributed by atoms with Gasteiger partial charge in [0.05, 0.1) is 12.1 Å². The lowest BCUT2D eigenvalue weighted by Gasteiger charge is -2.41. The van der Waals surface area contributed by atoms with Crippen LogP contribution in [-0.4, -0.2) is 30.6 Å². The first-order chi connectivity index (χ1) is 9.66. The van der Waals surface area contributed by atoms with Gasteiger partial charge in [-0.25, -0.2) is 0 Å². The van der Waals surface area contributed by atoms with Gasteiger partial charge in [-0.15, -0.1) is 0 Å². The summed E-state index contributed by atoms with van der Waals surface area (Å²) in [6.45, 7) is 7.45. The van der Waals surface area contributed by atoms with Gasteiger partial charge in [0, 0.05) is 5.56 Å². The molecule has 2 heterocycles. The molecule has 0 radical (unpaired) electrons. The first-order valence-electron chi connectivity index (χ1n) is 7.93. The quantitative estimate of drug-likeness (QED) is 0.901. The van der Waals surface area contributed by atoms with E-state index in [1.54, 1.807) is 0 Å². The third-order valence-electron chi connectivity index (χ3n) is 4.64. The number of piperidine rings is 1. The molecule has 1 aromatic carbocycles. The van der Waals surface area contributed by atoms with Gasteiger partial charge in [0.25, 0.3) is 0 Å². The number of hydrogen-bond donors (Lipinski definition) is 1. The smallest absolute Gasteiger partial charge is 0.124 e. The molecule has 0 spiro atoms. The zero-order chi connectivity index (χ0) is 14.1. The molecule has 2 aliphatic rings. The van der Waals surface area contributed by atoms with E-state index in [0.717, 1.165) is 5.75 Å². The van der Waals surface area contributed by atoms with E-state index in [0.29, 0.717) is 18.6 Å². The first-order valence-corrected chi connectivity index (χ1v) is 7.93. The molecule has 3 rings (SSSR count). The van der Waals surface area contributed by atoms with E-state index in [-0.39, 0.29) is 6.04 Å². The molecule has 110 valence electrons. The second-order valence-electron chi connectivity index (χ2n) is 6.47. The number of benzene rings is 1. The fraction of sp³-hybridized carbons (Fsp3) is 0.647. The van der Waals surface area contributed by atoms with Crippen molar-refractivity contribution in [3.63, 3.8) is 0 Å².